The first-order valence-corrected chi connectivity index (χ1v) is 13.2. The Balaban J connectivity index is 1.34. The molecule has 2 heterocycles. The lowest BCUT2D eigenvalue weighted by atomic mass is 9.91. The molecule has 2 atom stereocenters. The molecule has 0 spiro atoms. The van der Waals surface area contributed by atoms with E-state index in [1.54, 1.807) is 7.11 Å². The van der Waals surface area contributed by atoms with Crippen molar-refractivity contribution in [1.82, 2.24) is 14.5 Å². The Morgan fingerprint density at radius 3 is 2.82 bits per heavy atom. The molecular weight excluding hydrogens is 478 g/mol. The average Bonchev–Trinajstić information content (AvgIpc) is 3.34. The van der Waals surface area contributed by atoms with E-state index in [9.17, 15) is 4.79 Å². The molecule has 0 radical (unpaired) electrons. The largest absolute Gasteiger partial charge is 0.497 e. The normalized spacial score (nSPS) is 17.3. The van der Waals surface area contributed by atoms with Gasteiger partial charge in [0.1, 0.15) is 17.1 Å². The van der Waals surface area contributed by atoms with Crippen LogP contribution in [0.25, 0.3) is 10.9 Å². The van der Waals surface area contributed by atoms with Gasteiger partial charge in [0.05, 0.1) is 12.6 Å². The highest BCUT2D eigenvalue weighted by atomic mass is 16.5. The number of carbonyl (C=O) groups excluding carboxylic acids is 1. The van der Waals surface area contributed by atoms with E-state index in [0.717, 1.165) is 67.4 Å². The maximum atomic E-state index is 12.2. The lowest BCUT2D eigenvalue weighted by Crippen LogP contribution is -2.43. The van der Waals surface area contributed by atoms with Gasteiger partial charge in [-0.15, -0.1) is 0 Å². The van der Waals surface area contributed by atoms with Crippen LogP contribution in [-0.4, -0.2) is 39.6 Å². The summed E-state index contributed by atoms with van der Waals surface area (Å²) in [6.07, 6.45) is 9.71. The minimum atomic E-state index is -0.587. The Labute approximate surface area is 222 Å². The zero-order chi connectivity index (χ0) is 26.5. The van der Waals surface area contributed by atoms with E-state index in [2.05, 4.69) is 55.6 Å². The van der Waals surface area contributed by atoms with Gasteiger partial charge < -0.3 is 31.4 Å². The molecule has 1 saturated carbocycles. The first-order chi connectivity index (χ1) is 18.5. The number of hydrogen-bond donors (Lipinski definition) is 4. The van der Waals surface area contributed by atoms with E-state index >= 15 is 0 Å². The molecule has 5 rings (SSSR count). The molecule has 4 aromatic rings. The van der Waals surface area contributed by atoms with Crippen molar-refractivity contribution in [2.75, 3.05) is 17.7 Å². The van der Waals surface area contributed by atoms with Gasteiger partial charge in [-0.3, -0.25) is 4.79 Å². The Kier molecular flexibility index (Phi) is 7.74. The second kappa shape index (κ2) is 11.5. The van der Waals surface area contributed by atoms with Crippen molar-refractivity contribution in [1.29, 1.82) is 0 Å². The zero-order valence-electron chi connectivity index (χ0n) is 21.7. The summed E-state index contributed by atoms with van der Waals surface area (Å²) in [5.41, 5.74) is 15.4. The van der Waals surface area contributed by atoms with Gasteiger partial charge in [0, 0.05) is 42.1 Å². The number of aryl methyl sites for hydroxylation is 2. The summed E-state index contributed by atoms with van der Waals surface area (Å²) in [5.74, 6) is 1.10. The number of ether oxygens (including phenoxy) is 1. The summed E-state index contributed by atoms with van der Waals surface area (Å²) in [6.45, 7) is 0.875. The number of carbonyl (C=O) groups is 1. The number of nitrogens with zero attached hydrogens (tertiary/aromatic N) is 3. The molecule has 198 valence electrons. The molecule has 6 N–H and O–H groups in total. The number of nitrogens with two attached hydrogens (primary N) is 2. The monoisotopic (exact) mass is 513 g/mol. The van der Waals surface area contributed by atoms with Crippen LogP contribution in [0.1, 0.15) is 48.0 Å². The average molecular weight is 514 g/mol. The Hall–Kier alpha value is -4.11. The number of nitrogens with one attached hydrogen (secondary N) is 2. The van der Waals surface area contributed by atoms with Gasteiger partial charge >= 0.3 is 0 Å². The van der Waals surface area contributed by atoms with Gasteiger partial charge in [-0.05, 0) is 61.6 Å². The minimum Gasteiger partial charge on any atom is -0.497 e. The third-order valence-corrected chi connectivity index (χ3v) is 7.25. The second-order valence-corrected chi connectivity index (χ2v) is 9.85. The maximum Gasteiger partial charge on any atom is 0.254 e. The Bertz CT molecular complexity index is 1420. The number of rotatable bonds is 10. The van der Waals surface area contributed by atoms with Crippen LogP contribution in [0.4, 0.5) is 17.5 Å². The predicted molar refractivity (Wildman–Crippen MR) is 151 cm³/mol. The zero-order valence-corrected chi connectivity index (χ0v) is 21.7. The molecule has 9 heteroatoms. The summed E-state index contributed by atoms with van der Waals surface area (Å²) in [7, 11) is 1.69. The lowest BCUT2D eigenvalue weighted by Gasteiger charge is -2.29. The summed E-state index contributed by atoms with van der Waals surface area (Å²) in [4.78, 5) is 21.1. The summed E-state index contributed by atoms with van der Waals surface area (Å²) < 4.78 is 7.58. The molecule has 9 nitrogen and oxygen atoms in total. The predicted octanol–water partition coefficient (Wildman–Crippen LogP) is 4.60. The van der Waals surface area contributed by atoms with E-state index < -0.39 is 5.91 Å². The molecule has 1 aliphatic rings. The Morgan fingerprint density at radius 2 is 2.00 bits per heavy atom. The highest BCUT2D eigenvalue weighted by molar-refractivity contribution is 6.00. The van der Waals surface area contributed by atoms with Crippen LogP contribution < -0.4 is 26.8 Å². The molecular formula is C29H35N7O2. The molecule has 0 unspecified atom stereocenters. The van der Waals surface area contributed by atoms with Gasteiger partial charge in [0.2, 0.25) is 5.95 Å². The van der Waals surface area contributed by atoms with Gasteiger partial charge in [-0.25, -0.2) is 4.98 Å². The van der Waals surface area contributed by atoms with Gasteiger partial charge in [0.15, 0.2) is 0 Å². The van der Waals surface area contributed by atoms with Gasteiger partial charge in [0.25, 0.3) is 5.91 Å². The first kappa shape index (κ1) is 25.5. The van der Waals surface area contributed by atoms with Crippen molar-refractivity contribution in [3.05, 3.63) is 72.1 Å². The van der Waals surface area contributed by atoms with Crippen molar-refractivity contribution in [3.63, 3.8) is 0 Å². The quantitative estimate of drug-likeness (QED) is 0.244. The molecule has 2 aromatic heterocycles. The van der Waals surface area contributed by atoms with Crippen molar-refractivity contribution in [3.8, 4) is 5.75 Å². The third-order valence-electron chi connectivity index (χ3n) is 7.25. The smallest absolute Gasteiger partial charge is 0.254 e. The molecule has 2 aromatic carbocycles. The molecule has 1 amide bonds. The molecule has 0 aliphatic heterocycles. The number of aromatic nitrogens is 3. The van der Waals surface area contributed by atoms with E-state index in [1.807, 2.05) is 24.3 Å². The summed E-state index contributed by atoms with van der Waals surface area (Å²) in [6, 6.07) is 16.5. The van der Waals surface area contributed by atoms with Crippen LogP contribution in [0.15, 0.2) is 60.9 Å². The molecule has 38 heavy (non-hydrogen) atoms. The maximum absolute atomic E-state index is 12.2. The van der Waals surface area contributed by atoms with E-state index in [1.165, 1.54) is 11.8 Å². The number of primary amides is 1. The van der Waals surface area contributed by atoms with Crippen LogP contribution >= 0.6 is 0 Å². The fraction of sp³-hybridized carbons (Fsp3) is 0.345. The highest BCUT2D eigenvalue weighted by Gasteiger charge is 2.23. The Morgan fingerprint density at radius 1 is 1.16 bits per heavy atom. The summed E-state index contributed by atoms with van der Waals surface area (Å²) >= 11 is 0. The lowest BCUT2D eigenvalue weighted by molar-refractivity contribution is 0.100. The van der Waals surface area contributed by atoms with Crippen LogP contribution in [0.3, 0.4) is 0 Å². The number of benzene rings is 2. The fourth-order valence-electron chi connectivity index (χ4n) is 5.17. The van der Waals surface area contributed by atoms with Gasteiger partial charge in [-0.1, -0.05) is 31.0 Å². The number of fused-ring (bicyclic) bond motifs is 1. The second-order valence-electron chi connectivity index (χ2n) is 9.85. The van der Waals surface area contributed by atoms with Crippen molar-refractivity contribution < 1.29 is 9.53 Å². The van der Waals surface area contributed by atoms with Crippen LogP contribution in [0, 0.1) is 0 Å². The van der Waals surface area contributed by atoms with Crippen LogP contribution in [-0.2, 0) is 13.0 Å². The molecule has 1 aliphatic carbocycles. The fourth-order valence-corrected chi connectivity index (χ4v) is 5.17. The van der Waals surface area contributed by atoms with Gasteiger partial charge in [-0.2, -0.15) is 4.98 Å². The van der Waals surface area contributed by atoms with Crippen molar-refractivity contribution >= 4 is 34.3 Å². The topological polar surface area (TPSA) is 133 Å². The van der Waals surface area contributed by atoms with Crippen LogP contribution in [0.5, 0.6) is 5.75 Å². The molecule has 0 bridgehead atoms. The van der Waals surface area contributed by atoms with E-state index in [-0.39, 0.29) is 17.6 Å². The first-order valence-electron chi connectivity index (χ1n) is 13.2. The van der Waals surface area contributed by atoms with E-state index in [4.69, 9.17) is 16.2 Å². The standard InChI is InChI=1S/C29H35N7O2/c1-38-20-9-4-7-19(17-20)8-6-15-36-16-14-21-24(12-5-13-26(21)36)33-28-22(27(31)37)18-32-29(35-28)34-25-11-3-2-10-23(25)30/h4-5,7,9,12-14,16-18,23,25H,2-3,6,8,10-11,15,30H2,1H3,(H2,31,37)(H2,32,33,34,35)/t23-,25+/m0/s1. The number of hydrogen-bond acceptors (Lipinski definition) is 7. The van der Waals surface area contributed by atoms with Crippen LogP contribution in [0.2, 0.25) is 0 Å². The SMILES string of the molecule is COc1cccc(CCCn2ccc3c(Nc4nc(N[C@@H]5CCCC[C@@H]5N)ncc4C(N)=O)cccc32)c1. The molecule has 0 saturated heterocycles. The number of amides is 1. The number of methoxy groups -OCH3 is 1. The van der Waals surface area contributed by atoms with E-state index in [0.29, 0.717) is 11.8 Å². The number of anilines is 3. The molecule has 1 fully saturated rings. The summed E-state index contributed by atoms with van der Waals surface area (Å²) in [5, 5.41) is 7.73. The minimum absolute atomic E-state index is 0.0528. The van der Waals surface area contributed by atoms with Crippen molar-refractivity contribution in [2.24, 2.45) is 11.5 Å². The highest BCUT2D eigenvalue weighted by Crippen LogP contribution is 2.29. The van der Waals surface area contributed by atoms with Crippen molar-refractivity contribution in [2.45, 2.75) is 57.2 Å². The third kappa shape index (κ3) is 5.73.